The lowest BCUT2D eigenvalue weighted by atomic mass is 9.65. The molecule has 1 aliphatic heterocycles. The molecular formula is C32H44N2O4S. The number of likely N-dealkylation sites (tertiary alicyclic amines) is 1. The van der Waals surface area contributed by atoms with Crippen molar-refractivity contribution in [2.45, 2.75) is 94.6 Å². The van der Waals surface area contributed by atoms with Gasteiger partial charge in [-0.25, -0.2) is 0 Å². The second kappa shape index (κ2) is 11.7. The third-order valence-electron chi connectivity index (χ3n) is 9.90. The van der Waals surface area contributed by atoms with Gasteiger partial charge in [-0.05, 0) is 37.2 Å². The van der Waals surface area contributed by atoms with E-state index in [-0.39, 0.29) is 23.9 Å². The smallest absolute Gasteiger partial charge is 0.251 e. The first-order valence-electron chi connectivity index (χ1n) is 14.9. The van der Waals surface area contributed by atoms with Crippen molar-refractivity contribution < 1.29 is 14.1 Å². The Balaban J connectivity index is 1.38. The van der Waals surface area contributed by atoms with Gasteiger partial charge in [0.1, 0.15) is 0 Å². The molecule has 3 aliphatic rings. The molecule has 6 nitrogen and oxygen atoms in total. The second-order valence-corrected chi connectivity index (χ2v) is 13.9. The Hall–Kier alpha value is -2.25. The standard InChI is InChI=1S/C32H44N2O4S/c1-24(19-25-11-5-3-6-12-25)30(36)33-18-17-32(37,31(22-33)15-9-10-16-31)23-34-21-28(39(2)38)27(20-29(34)35)26-13-7-4-8-14-26/h4,7-8,13-14,20-21,24-25,37H,3,5-6,9-12,15-19,22-23H2,1-2H3/t24-,32?,39?/m1/s1. The van der Waals surface area contributed by atoms with Gasteiger partial charge >= 0.3 is 0 Å². The molecule has 2 heterocycles. The summed E-state index contributed by atoms with van der Waals surface area (Å²) in [7, 11) is -1.31. The predicted molar refractivity (Wildman–Crippen MR) is 156 cm³/mol. The normalized spacial score (nSPS) is 25.1. The molecule has 39 heavy (non-hydrogen) atoms. The Kier molecular flexibility index (Phi) is 8.48. The van der Waals surface area contributed by atoms with Gasteiger partial charge in [0.05, 0.1) is 27.8 Å². The monoisotopic (exact) mass is 552 g/mol. The molecule has 1 amide bonds. The Labute approximate surface area is 235 Å². The molecule has 2 unspecified atom stereocenters. The van der Waals surface area contributed by atoms with Gasteiger partial charge < -0.3 is 14.6 Å². The van der Waals surface area contributed by atoms with Crippen LogP contribution in [0.4, 0.5) is 0 Å². The van der Waals surface area contributed by atoms with E-state index in [2.05, 4.69) is 6.92 Å². The SMILES string of the molecule is C[C@H](CC1CCCCC1)C(=O)N1CCC(O)(Cn2cc(S(C)=O)c(-c3ccccc3)cc2=O)C2(CCCC2)C1. The highest BCUT2D eigenvalue weighted by atomic mass is 32.2. The van der Waals surface area contributed by atoms with Crippen molar-refractivity contribution in [3.8, 4) is 11.1 Å². The van der Waals surface area contributed by atoms with Crippen LogP contribution in [-0.2, 0) is 22.1 Å². The molecule has 3 atom stereocenters. The van der Waals surface area contributed by atoms with Crippen LogP contribution in [-0.4, -0.2) is 49.6 Å². The number of amides is 1. The maximum Gasteiger partial charge on any atom is 0.251 e. The largest absolute Gasteiger partial charge is 0.387 e. The number of piperidine rings is 1. The number of hydrogen-bond donors (Lipinski definition) is 1. The van der Waals surface area contributed by atoms with Crippen molar-refractivity contribution in [3.63, 3.8) is 0 Å². The highest BCUT2D eigenvalue weighted by Crippen LogP contribution is 2.52. The maximum absolute atomic E-state index is 13.6. The van der Waals surface area contributed by atoms with Crippen molar-refractivity contribution in [2.24, 2.45) is 17.3 Å². The van der Waals surface area contributed by atoms with Crippen LogP contribution >= 0.6 is 0 Å². The zero-order valence-electron chi connectivity index (χ0n) is 23.6. The number of aliphatic hydroxyl groups is 1. The van der Waals surface area contributed by atoms with E-state index in [9.17, 15) is 18.9 Å². The maximum atomic E-state index is 13.6. The summed E-state index contributed by atoms with van der Waals surface area (Å²) >= 11 is 0. The number of benzene rings is 1. The average molecular weight is 553 g/mol. The highest BCUT2D eigenvalue weighted by Gasteiger charge is 2.55. The van der Waals surface area contributed by atoms with Crippen LogP contribution in [0.5, 0.6) is 0 Å². The first kappa shape index (κ1) is 28.3. The third-order valence-corrected chi connectivity index (χ3v) is 10.8. The Morgan fingerprint density at radius 2 is 1.77 bits per heavy atom. The van der Waals surface area contributed by atoms with Gasteiger partial charge in [0, 0.05) is 48.5 Å². The first-order valence-corrected chi connectivity index (χ1v) is 16.4. The van der Waals surface area contributed by atoms with Gasteiger partial charge in [-0.2, -0.15) is 0 Å². The number of hydrogen-bond acceptors (Lipinski definition) is 4. The minimum Gasteiger partial charge on any atom is -0.387 e. The number of pyridine rings is 1. The molecule has 1 N–H and O–H groups in total. The van der Waals surface area contributed by atoms with Crippen LogP contribution in [0.15, 0.2) is 52.3 Å². The van der Waals surface area contributed by atoms with Gasteiger partial charge in [0.25, 0.3) is 5.56 Å². The topological polar surface area (TPSA) is 79.6 Å². The average Bonchev–Trinajstić information content (AvgIpc) is 3.42. The Bertz CT molecular complexity index is 1250. The van der Waals surface area contributed by atoms with Gasteiger partial charge in [0.15, 0.2) is 0 Å². The summed E-state index contributed by atoms with van der Waals surface area (Å²) in [4.78, 5) is 29.5. The van der Waals surface area contributed by atoms with Crippen molar-refractivity contribution in [2.75, 3.05) is 19.3 Å². The van der Waals surface area contributed by atoms with Gasteiger partial charge in [0.2, 0.25) is 5.91 Å². The molecular weight excluding hydrogens is 508 g/mol. The van der Waals surface area contributed by atoms with E-state index in [1.165, 1.54) is 32.1 Å². The van der Waals surface area contributed by atoms with Crippen molar-refractivity contribution in [3.05, 3.63) is 52.9 Å². The number of rotatable bonds is 7. The van der Waals surface area contributed by atoms with E-state index in [1.54, 1.807) is 23.1 Å². The Morgan fingerprint density at radius 3 is 2.44 bits per heavy atom. The van der Waals surface area contributed by atoms with Crippen molar-refractivity contribution in [1.29, 1.82) is 0 Å². The van der Waals surface area contributed by atoms with Crippen LogP contribution in [0.3, 0.4) is 0 Å². The van der Waals surface area contributed by atoms with E-state index >= 15 is 0 Å². The summed E-state index contributed by atoms with van der Waals surface area (Å²) in [5, 5.41) is 12.2. The lowest BCUT2D eigenvalue weighted by molar-refractivity contribution is -0.163. The van der Waals surface area contributed by atoms with Gasteiger partial charge in [-0.15, -0.1) is 0 Å². The minimum absolute atomic E-state index is 0.00740. The first-order chi connectivity index (χ1) is 18.7. The summed E-state index contributed by atoms with van der Waals surface area (Å²) in [5.74, 6) is 0.888. The van der Waals surface area contributed by atoms with Crippen LogP contribution in [0.25, 0.3) is 11.1 Å². The van der Waals surface area contributed by atoms with E-state index in [1.807, 2.05) is 35.2 Å². The molecule has 2 aromatic rings. The van der Waals surface area contributed by atoms with E-state index in [0.29, 0.717) is 35.9 Å². The van der Waals surface area contributed by atoms with Gasteiger partial charge in [-0.3, -0.25) is 13.8 Å². The summed E-state index contributed by atoms with van der Waals surface area (Å²) in [6, 6.07) is 11.1. The Morgan fingerprint density at radius 1 is 1.08 bits per heavy atom. The number of aromatic nitrogens is 1. The number of carbonyl (C=O) groups is 1. The molecule has 3 fully saturated rings. The van der Waals surface area contributed by atoms with Crippen molar-refractivity contribution >= 4 is 16.7 Å². The van der Waals surface area contributed by atoms with Crippen LogP contribution in [0.1, 0.15) is 77.6 Å². The minimum atomic E-state index is -1.31. The fraction of sp³-hybridized carbons (Fsp3) is 0.625. The number of carbonyl (C=O) groups excluding carboxylic acids is 1. The lowest BCUT2D eigenvalue weighted by Gasteiger charge is -2.53. The predicted octanol–water partition coefficient (Wildman–Crippen LogP) is 5.38. The fourth-order valence-electron chi connectivity index (χ4n) is 7.65. The zero-order valence-corrected chi connectivity index (χ0v) is 24.4. The summed E-state index contributed by atoms with van der Waals surface area (Å²) in [5.41, 5.74) is -0.199. The quantitative estimate of drug-likeness (QED) is 0.500. The molecule has 5 rings (SSSR count). The molecule has 1 saturated heterocycles. The molecule has 1 spiro atoms. The highest BCUT2D eigenvalue weighted by molar-refractivity contribution is 7.84. The summed E-state index contributed by atoms with van der Waals surface area (Å²) in [6.07, 6.45) is 14.8. The molecule has 1 aromatic carbocycles. The lowest BCUT2D eigenvalue weighted by Crippen LogP contribution is -2.62. The van der Waals surface area contributed by atoms with Crippen LogP contribution < -0.4 is 5.56 Å². The van der Waals surface area contributed by atoms with Crippen molar-refractivity contribution in [1.82, 2.24) is 9.47 Å². The van der Waals surface area contributed by atoms with E-state index < -0.39 is 21.8 Å². The molecule has 2 aliphatic carbocycles. The molecule has 212 valence electrons. The van der Waals surface area contributed by atoms with Crippen LogP contribution in [0, 0.1) is 17.3 Å². The van der Waals surface area contributed by atoms with E-state index in [4.69, 9.17) is 0 Å². The number of nitrogens with zero attached hydrogens (tertiary/aromatic N) is 2. The molecule has 7 heteroatoms. The summed E-state index contributed by atoms with van der Waals surface area (Å²) in [6.45, 7) is 3.31. The van der Waals surface area contributed by atoms with E-state index in [0.717, 1.165) is 37.7 Å². The third kappa shape index (κ3) is 5.81. The molecule has 2 saturated carbocycles. The van der Waals surface area contributed by atoms with Crippen LogP contribution in [0.2, 0.25) is 0 Å². The fourth-order valence-corrected chi connectivity index (χ4v) is 8.41. The van der Waals surface area contributed by atoms with Gasteiger partial charge in [-0.1, -0.05) is 82.2 Å². The molecule has 0 radical (unpaired) electrons. The second-order valence-electron chi connectivity index (χ2n) is 12.5. The molecule has 0 bridgehead atoms. The molecule has 1 aromatic heterocycles. The summed E-state index contributed by atoms with van der Waals surface area (Å²) < 4.78 is 14.3. The zero-order chi connectivity index (χ0) is 27.6.